The van der Waals surface area contributed by atoms with Crippen molar-refractivity contribution in [1.29, 1.82) is 0 Å². The third-order valence-corrected chi connectivity index (χ3v) is 10.2. The molecule has 3 aliphatic rings. The van der Waals surface area contributed by atoms with Crippen molar-refractivity contribution in [2.75, 3.05) is 0 Å². The maximum absolute atomic E-state index is 2.38. The zero-order chi connectivity index (χ0) is 25.3. The quantitative estimate of drug-likeness (QED) is 0.368. The van der Waals surface area contributed by atoms with E-state index in [1.54, 1.807) is 0 Å². The standard InChI is InChI=1S/C12H24.C11H22.C10H20/c1-9(2)11-5-7-12(8-6-11)10(3)4;1-8(2)10-5-6-11(7-10)9(3)4;1-7(2)9-5-10(6-9)8(3)4/h9-12H,5-8H2,1-4H3;8-11H,5-7H2,1-4H3;7-10H,5-6H2,1-4H3. The van der Waals surface area contributed by atoms with E-state index < -0.39 is 0 Å². The van der Waals surface area contributed by atoms with Crippen LogP contribution in [0.25, 0.3) is 0 Å². The summed E-state index contributed by atoms with van der Waals surface area (Å²) in [6, 6.07) is 0. The maximum Gasteiger partial charge on any atom is -0.0386 e. The maximum atomic E-state index is 2.38. The Morgan fingerprint density at radius 1 is 0.273 bits per heavy atom. The lowest BCUT2D eigenvalue weighted by Gasteiger charge is -2.40. The Hall–Kier alpha value is 0. The molecular weight excluding hydrogens is 396 g/mol. The highest BCUT2D eigenvalue weighted by molar-refractivity contribution is 4.83. The van der Waals surface area contributed by atoms with E-state index in [1.165, 1.54) is 57.8 Å². The molecule has 2 unspecified atom stereocenters. The first-order valence-electron chi connectivity index (χ1n) is 15.3. The van der Waals surface area contributed by atoms with Gasteiger partial charge in [0, 0.05) is 0 Å². The van der Waals surface area contributed by atoms with Crippen molar-refractivity contribution in [3.8, 4) is 0 Å². The van der Waals surface area contributed by atoms with Gasteiger partial charge in [-0.1, -0.05) is 83.1 Å². The molecular formula is C33H66. The molecule has 3 rings (SSSR count). The molecule has 0 aliphatic heterocycles. The second kappa shape index (κ2) is 15.2. The Labute approximate surface area is 211 Å². The van der Waals surface area contributed by atoms with Crippen molar-refractivity contribution in [3.63, 3.8) is 0 Å². The van der Waals surface area contributed by atoms with Gasteiger partial charge in [-0.25, -0.2) is 0 Å². The minimum absolute atomic E-state index is 0.915. The molecule has 3 aliphatic carbocycles. The molecule has 0 spiro atoms. The minimum atomic E-state index is 0.915. The molecule has 0 nitrogen and oxygen atoms in total. The lowest BCUT2D eigenvalue weighted by Crippen LogP contribution is -2.30. The Morgan fingerprint density at radius 3 is 0.636 bits per heavy atom. The van der Waals surface area contributed by atoms with E-state index in [4.69, 9.17) is 0 Å². The summed E-state index contributed by atoms with van der Waals surface area (Å²) in [4.78, 5) is 0. The Kier molecular flexibility index (Phi) is 14.3. The van der Waals surface area contributed by atoms with E-state index in [2.05, 4.69) is 83.1 Å². The fraction of sp³-hybridized carbons (Fsp3) is 1.00. The van der Waals surface area contributed by atoms with Gasteiger partial charge < -0.3 is 0 Å². The molecule has 33 heavy (non-hydrogen) atoms. The van der Waals surface area contributed by atoms with Crippen LogP contribution in [0.4, 0.5) is 0 Å². The second-order valence-corrected chi connectivity index (χ2v) is 14.5. The first kappa shape index (κ1) is 31.0. The number of rotatable bonds is 6. The normalized spacial score (nSPS) is 32.2. The Bertz CT molecular complexity index is 426. The lowest BCUT2D eigenvalue weighted by atomic mass is 9.65. The average Bonchev–Trinajstić information content (AvgIpc) is 3.18. The van der Waals surface area contributed by atoms with Crippen LogP contribution in [-0.4, -0.2) is 0 Å². The van der Waals surface area contributed by atoms with E-state index in [-0.39, 0.29) is 0 Å². The molecule has 198 valence electrons. The zero-order valence-corrected chi connectivity index (χ0v) is 25.3. The highest BCUT2D eigenvalue weighted by Crippen LogP contribution is 2.42. The van der Waals surface area contributed by atoms with E-state index in [9.17, 15) is 0 Å². The van der Waals surface area contributed by atoms with Crippen LogP contribution in [0.5, 0.6) is 0 Å². The highest BCUT2D eigenvalue weighted by Gasteiger charge is 2.32. The predicted octanol–water partition coefficient (Wildman–Crippen LogP) is 11.1. The van der Waals surface area contributed by atoms with Crippen molar-refractivity contribution in [1.82, 2.24) is 0 Å². The van der Waals surface area contributed by atoms with Gasteiger partial charge in [0.15, 0.2) is 0 Å². The van der Waals surface area contributed by atoms with Crippen molar-refractivity contribution in [2.24, 2.45) is 71.0 Å². The first-order valence-corrected chi connectivity index (χ1v) is 15.3. The Morgan fingerprint density at radius 2 is 0.455 bits per heavy atom. The van der Waals surface area contributed by atoms with Crippen LogP contribution in [0.15, 0.2) is 0 Å². The van der Waals surface area contributed by atoms with Crippen molar-refractivity contribution in [2.45, 2.75) is 141 Å². The minimum Gasteiger partial charge on any atom is -0.0625 e. The summed E-state index contributed by atoms with van der Waals surface area (Å²) in [5.41, 5.74) is 0. The topological polar surface area (TPSA) is 0 Å². The van der Waals surface area contributed by atoms with Crippen LogP contribution in [-0.2, 0) is 0 Å². The molecule has 0 bridgehead atoms. The molecule has 0 heteroatoms. The highest BCUT2D eigenvalue weighted by atomic mass is 14.4. The van der Waals surface area contributed by atoms with Crippen LogP contribution < -0.4 is 0 Å². The first-order chi connectivity index (χ1) is 15.3. The van der Waals surface area contributed by atoms with Gasteiger partial charge in [0.05, 0.1) is 0 Å². The van der Waals surface area contributed by atoms with Gasteiger partial charge >= 0.3 is 0 Å². The zero-order valence-electron chi connectivity index (χ0n) is 25.3. The lowest BCUT2D eigenvalue weighted by molar-refractivity contribution is 0.102. The third kappa shape index (κ3) is 11.1. The van der Waals surface area contributed by atoms with Gasteiger partial charge in [0.1, 0.15) is 0 Å². The average molecular weight is 463 g/mol. The summed E-state index contributed by atoms with van der Waals surface area (Å²) in [6.07, 6.45) is 13.4. The summed E-state index contributed by atoms with van der Waals surface area (Å²) in [5, 5.41) is 0. The van der Waals surface area contributed by atoms with E-state index in [0.717, 1.165) is 71.0 Å². The predicted molar refractivity (Wildman–Crippen MR) is 152 cm³/mol. The molecule has 0 saturated heterocycles. The van der Waals surface area contributed by atoms with Crippen LogP contribution in [0.2, 0.25) is 0 Å². The molecule has 0 N–H and O–H groups in total. The fourth-order valence-electron chi connectivity index (χ4n) is 6.54. The smallest absolute Gasteiger partial charge is 0.0386 e. The molecule has 3 saturated carbocycles. The molecule has 0 aromatic carbocycles. The van der Waals surface area contributed by atoms with Crippen molar-refractivity contribution >= 4 is 0 Å². The van der Waals surface area contributed by atoms with Crippen molar-refractivity contribution in [3.05, 3.63) is 0 Å². The van der Waals surface area contributed by atoms with Crippen molar-refractivity contribution < 1.29 is 0 Å². The molecule has 0 amide bonds. The summed E-state index contributed by atoms with van der Waals surface area (Å²) >= 11 is 0. The summed E-state index contributed by atoms with van der Waals surface area (Å²) in [7, 11) is 0. The molecule has 0 heterocycles. The SMILES string of the molecule is CC(C)C1CC(C(C)C)C1.CC(C)C1CCC(C(C)C)C1.CC(C)C1CCC(C(C)C)CC1. The second-order valence-electron chi connectivity index (χ2n) is 14.5. The summed E-state index contributed by atoms with van der Waals surface area (Å²) < 4.78 is 0. The van der Waals surface area contributed by atoms with Gasteiger partial charge in [-0.05, 0) is 129 Å². The number of hydrogen-bond donors (Lipinski definition) is 0. The van der Waals surface area contributed by atoms with E-state index in [1.807, 2.05) is 0 Å². The van der Waals surface area contributed by atoms with Gasteiger partial charge in [0.2, 0.25) is 0 Å². The molecule has 0 radical (unpaired) electrons. The fourth-order valence-corrected chi connectivity index (χ4v) is 6.54. The van der Waals surface area contributed by atoms with Crippen LogP contribution in [0, 0.1) is 71.0 Å². The van der Waals surface area contributed by atoms with Crippen LogP contribution >= 0.6 is 0 Å². The van der Waals surface area contributed by atoms with Gasteiger partial charge in [0.25, 0.3) is 0 Å². The summed E-state index contributed by atoms with van der Waals surface area (Å²) in [5.74, 6) is 11.7. The van der Waals surface area contributed by atoms with Gasteiger partial charge in [-0.3, -0.25) is 0 Å². The number of hydrogen-bond acceptors (Lipinski definition) is 0. The van der Waals surface area contributed by atoms with Gasteiger partial charge in [-0.15, -0.1) is 0 Å². The molecule has 2 atom stereocenters. The molecule has 3 fully saturated rings. The Balaban J connectivity index is 0.000000249. The third-order valence-electron chi connectivity index (χ3n) is 10.2. The van der Waals surface area contributed by atoms with E-state index >= 15 is 0 Å². The van der Waals surface area contributed by atoms with Crippen LogP contribution in [0.3, 0.4) is 0 Å². The van der Waals surface area contributed by atoms with Crippen LogP contribution in [0.1, 0.15) is 141 Å². The molecule has 0 aromatic heterocycles. The van der Waals surface area contributed by atoms with Gasteiger partial charge in [-0.2, -0.15) is 0 Å². The summed E-state index contributed by atoms with van der Waals surface area (Å²) in [6.45, 7) is 28.4. The largest absolute Gasteiger partial charge is 0.0625 e. The molecule has 0 aromatic rings. The monoisotopic (exact) mass is 463 g/mol. The van der Waals surface area contributed by atoms with E-state index in [0.29, 0.717) is 0 Å².